The molecule has 0 radical (unpaired) electrons. The van der Waals surface area contributed by atoms with Gasteiger partial charge in [0.15, 0.2) is 0 Å². The van der Waals surface area contributed by atoms with Crippen LogP contribution in [-0.2, 0) is 0 Å². The maximum atomic E-state index is 4.29. The molecule has 5 heteroatoms. The lowest BCUT2D eigenvalue weighted by Crippen LogP contribution is -1.96. The summed E-state index contributed by atoms with van der Waals surface area (Å²) in [6.07, 6.45) is 9.87. The third-order valence-corrected chi connectivity index (χ3v) is 2.56. The van der Waals surface area contributed by atoms with Gasteiger partial charge in [0.05, 0.1) is 17.9 Å². The largest absolute Gasteiger partial charge is 0.321 e. The fourth-order valence-electron chi connectivity index (χ4n) is 1.53. The van der Waals surface area contributed by atoms with Gasteiger partial charge in [-0.3, -0.25) is 4.68 Å². The van der Waals surface area contributed by atoms with Crippen LogP contribution in [0.1, 0.15) is 24.4 Å². The Balaban J connectivity index is 1.75. The summed E-state index contributed by atoms with van der Waals surface area (Å²) in [5.41, 5.74) is 2.00. The normalized spacial score (nSPS) is 15.1. The molecule has 0 aliphatic heterocycles. The van der Waals surface area contributed by atoms with Crippen molar-refractivity contribution in [2.45, 2.75) is 25.8 Å². The lowest BCUT2D eigenvalue weighted by Gasteiger charge is -2.00. The topological polar surface area (TPSA) is 55.6 Å². The molecule has 1 saturated carbocycles. The molecular weight excluding hydrogens is 202 g/mol. The molecule has 16 heavy (non-hydrogen) atoms. The van der Waals surface area contributed by atoms with E-state index in [0.29, 0.717) is 12.0 Å². The number of hydrogen-bond donors (Lipinski definition) is 1. The Kier molecular flexibility index (Phi) is 2.09. The van der Waals surface area contributed by atoms with Crippen molar-refractivity contribution in [3.63, 3.8) is 0 Å². The van der Waals surface area contributed by atoms with Crippen LogP contribution in [-0.4, -0.2) is 19.7 Å². The van der Waals surface area contributed by atoms with Crippen molar-refractivity contribution < 1.29 is 0 Å². The van der Waals surface area contributed by atoms with Crippen LogP contribution in [0.25, 0.3) is 0 Å². The van der Waals surface area contributed by atoms with Crippen LogP contribution in [0.5, 0.6) is 0 Å². The Morgan fingerprint density at radius 2 is 2.00 bits per heavy atom. The van der Waals surface area contributed by atoms with E-state index < -0.39 is 0 Å². The highest BCUT2D eigenvalue weighted by Crippen LogP contribution is 2.34. The molecule has 1 N–H and O–H groups in total. The molecule has 0 unspecified atom stereocenters. The minimum Gasteiger partial charge on any atom is -0.321 e. The molecule has 0 amide bonds. The number of aromatic nitrogens is 4. The van der Waals surface area contributed by atoms with E-state index in [2.05, 4.69) is 20.4 Å². The minimum atomic E-state index is 0.606. The van der Waals surface area contributed by atoms with E-state index in [1.54, 1.807) is 12.4 Å². The maximum absolute atomic E-state index is 4.29. The third-order valence-electron chi connectivity index (χ3n) is 2.56. The van der Waals surface area contributed by atoms with Gasteiger partial charge < -0.3 is 5.32 Å². The molecule has 0 spiro atoms. The van der Waals surface area contributed by atoms with Crippen LogP contribution >= 0.6 is 0 Å². The van der Waals surface area contributed by atoms with Gasteiger partial charge >= 0.3 is 0 Å². The zero-order valence-corrected chi connectivity index (χ0v) is 9.09. The quantitative estimate of drug-likeness (QED) is 0.851. The van der Waals surface area contributed by atoms with Crippen molar-refractivity contribution in [1.29, 1.82) is 0 Å². The molecule has 0 saturated heterocycles. The van der Waals surface area contributed by atoms with Crippen molar-refractivity contribution in [2.24, 2.45) is 0 Å². The first-order valence-corrected chi connectivity index (χ1v) is 5.41. The predicted octanol–water partition coefficient (Wildman–Crippen LogP) is 2.06. The van der Waals surface area contributed by atoms with E-state index >= 15 is 0 Å². The second-order valence-electron chi connectivity index (χ2n) is 4.15. The van der Waals surface area contributed by atoms with Gasteiger partial charge in [0, 0.05) is 18.6 Å². The fraction of sp³-hybridized carbons (Fsp3) is 0.364. The third kappa shape index (κ3) is 1.88. The molecular formula is C11H13N5. The highest BCUT2D eigenvalue weighted by atomic mass is 15.3. The summed E-state index contributed by atoms with van der Waals surface area (Å²) in [6.45, 7) is 1.97. The molecule has 1 aliphatic carbocycles. The summed E-state index contributed by atoms with van der Waals surface area (Å²) in [7, 11) is 0. The first-order chi connectivity index (χ1) is 7.81. The summed E-state index contributed by atoms with van der Waals surface area (Å²) in [4.78, 5) is 8.37. The SMILES string of the molecule is Cc1cnc(Nc2cnn(C3CC3)c2)nc1. The molecule has 2 heterocycles. The van der Waals surface area contributed by atoms with Gasteiger partial charge in [-0.25, -0.2) is 9.97 Å². The monoisotopic (exact) mass is 215 g/mol. The molecule has 5 nitrogen and oxygen atoms in total. The van der Waals surface area contributed by atoms with Crippen molar-refractivity contribution in [2.75, 3.05) is 5.32 Å². The molecule has 3 rings (SSSR count). The van der Waals surface area contributed by atoms with Gasteiger partial charge in [-0.15, -0.1) is 0 Å². The number of nitrogens with one attached hydrogen (secondary N) is 1. The van der Waals surface area contributed by atoms with E-state index in [1.807, 2.05) is 24.0 Å². The average Bonchev–Trinajstić information content (AvgIpc) is 3.04. The fourth-order valence-corrected chi connectivity index (χ4v) is 1.53. The van der Waals surface area contributed by atoms with Crippen molar-refractivity contribution >= 4 is 11.6 Å². The Labute approximate surface area is 93.5 Å². The maximum Gasteiger partial charge on any atom is 0.227 e. The summed E-state index contributed by atoms with van der Waals surface area (Å²) in [5.74, 6) is 0.612. The van der Waals surface area contributed by atoms with Crippen LogP contribution < -0.4 is 5.32 Å². The highest BCUT2D eigenvalue weighted by molar-refractivity contribution is 5.50. The van der Waals surface area contributed by atoms with E-state index in [4.69, 9.17) is 0 Å². The van der Waals surface area contributed by atoms with E-state index in [0.717, 1.165) is 11.3 Å². The van der Waals surface area contributed by atoms with Gasteiger partial charge in [-0.1, -0.05) is 0 Å². The lowest BCUT2D eigenvalue weighted by atomic mass is 10.4. The van der Waals surface area contributed by atoms with Gasteiger partial charge in [0.2, 0.25) is 5.95 Å². The number of hydrogen-bond acceptors (Lipinski definition) is 4. The molecule has 0 bridgehead atoms. The Hall–Kier alpha value is -1.91. The standard InChI is InChI=1S/C11H13N5/c1-8-4-12-11(13-5-8)15-9-6-14-16(7-9)10-2-3-10/h4-7,10H,2-3H2,1H3,(H,12,13,15). The van der Waals surface area contributed by atoms with Crippen LogP contribution in [0.3, 0.4) is 0 Å². The number of anilines is 2. The van der Waals surface area contributed by atoms with Gasteiger partial charge in [0.25, 0.3) is 0 Å². The molecule has 1 fully saturated rings. The van der Waals surface area contributed by atoms with Gasteiger partial charge in [-0.2, -0.15) is 5.10 Å². The Bertz CT molecular complexity index is 483. The first kappa shape index (κ1) is 9.33. The minimum absolute atomic E-state index is 0.606. The molecule has 1 aliphatic rings. The summed E-state index contributed by atoms with van der Waals surface area (Å²) >= 11 is 0. The zero-order valence-electron chi connectivity index (χ0n) is 9.09. The van der Waals surface area contributed by atoms with E-state index in [9.17, 15) is 0 Å². The summed E-state index contributed by atoms with van der Waals surface area (Å²) in [5, 5.41) is 7.42. The van der Waals surface area contributed by atoms with Crippen LogP contribution in [0.2, 0.25) is 0 Å². The lowest BCUT2D eigenvalue weighted by molar-refractivity contribution is 0.642. The predicted molar refractivity (Wildman–Crippen MR) is 60.5 cm³/mol. The summed E-state index contributed by atoms with van der Waals surface area (Å²) in [6, 6.07) is 0.606. The van der Waals surface area contributed by atoms with Crippen LogP contribution in [0.15, 0.2) is 24.8 Å². The number of nitrogens with zero attached hydrogens (tertiary/aromatic N) is 4. The van der Waals surface area contributed by atoms with E-state index in [1.165, 1.54) is 12.8 Å². The molecule has 0 aromatic carbocycles. The second-order valence-corrected chi connectivity index (χ2v) is 4.15. The number of rotatable bonds is 3. The molecule has 82 valence electrons. The van der Waals surface area contributed by atoms with Crippen LogP contribution in [0, 0.1) is 6.92 Å². The Morgan fingerprint density at radius 3 is 2.69 bits per heavy atom. The van der Waals surface area contributed by atoms with Gasteiger partial charge in [0.1, 0.15) is 0 Å². The molecule has 2 aromatic rings. The molecule has 2 aromatic heterocycles. The van der Waals surface area contributed by atoms with Crippen molar-refractivity contribution in [3.8, 4) is 0 Å². The zero-order chi connectivity index (χ0) is 11.0. The van der Waals surface area contributed by atoms with E-state index in [-0.39, 0.29) is 0 Å². The van der Waals surface area contributed by atoms with Crippen molar-refractivity contribution in [1.82, 2.24) is 19.7 Å². The first-order valence-electron chi connectivity index (χ1n) is 5.41. The second kappa shape index (κ2) is 3.59. The highest BCUT2D eigenvalue weighted by Gasteiger charge is 2.24. The number of aryl methyl sites for hydroxylation is 1. The average molecular weight is 215 g/mol. The van der Waals surface area contributed by atoms with Crippen molar-refractivity contribution in [3.05, 3.63) is 30.4 Å². The van der Waals surface area contributed by atoms with Crippen LogP contribution in [0.4, 0.5) is 11.6 Å². The smallest absolute Gasteiger partial charge is 0.227 e. The van der Waals surface area contributed by atoms with Gasteiger partial charge in [-0.05, 0) is 25.3 Å². The Morgan fingerprint density at radius 1 is 1.25 bits per heavy atom. The molecule has 0 atom stereocenters. The summed E-state index contributed by atoms with van der Waals surface area (Å²) < 4.78 is 2.00.